The van der Waals surface area contributed by atoms with Crippen molar-refractivity contribution >= 4 is 52.3 Å². The maximum atomic E-state index is 11.8. The molecule has 0 aromatic heterocycles. The molecule has 1 saturated heterocycles. The fourth-order valence-corrected chi connectivity index (χ4v) is 2.92. The van der Waals surface area contributed by atoms with E-state index in [1.165, 1.54) is 5.69 Å². The zero-order valence-electron chi connectivity index (χ0n) is 12.3. The molecule has 1 aliphatic carbocycles. The maximum absolute atomic E-state index is 11.8. The van der Waals surface area contributed by atoms with Crippen LogP contribution in [0.25, 0.3) is 0 Å². The molecule has 22 heavy (non-hydrogen) atoms. The number of carbonyl (C=O) groups is 1. The van der Waals surface area contributed by atoms with Gasteiger partial charge in [-0.25, -0.2) is 0 Å². The van der Waals surface area contributed by atoms with Crippen LogP contribution >= 0.6 is 40.7 Å². The Balaban J connectivity index is 0.00000121. The molecule has 1 atom stereocenters. The quantitative estimate of drug-likeness (QED) is 0.802. The molecule has 3 rings (SSSR count). The van der Waals surface area contributed by atoms with Crippen LogP contribution in [-0.4, -0.2) is 31.1 Å². The summed E-state index contributed by atoms with van der Waals surface area (Å²) in [6, 6.07) is 8.39. The monoisotopic (exact) mass is 409 g/mol. The minimum absolute atomic E-state index is 0. The lowest BCUT2D eigenvalue weighted by Gasteiger charge is -2.19. The van der Waals surface area contributed by atoms with Crippen molar-refractivity contribution < 1.29 is 4.79 Å². The third kappa shape index (κ3) is 4.51. The molecule has 1 amide bonds. The highest BCUT2D eigenvalue weighted by molar-refractivity contribution is 9.10. The van der Waals surface area contributed by atoms with Crippen molar-refractivity contribution in [3.8, 4) is 0 Å². The van der Waals surface area contributed by atoms with E-state index in [9.17, 15) is 4.79 Å². The first-order valence-electron chi connectivity index (χ1n) is 7.14. The lowest BCUT2D eigenvalue weighted by atomic mass is 10.1. The second-order valence-electron chi connectivity index (χ2n) is 5.94. The molecule has 124 valence electrons. The standard InChI is InChI=1S/C15H20BrN3O.2ClH/c16-12-1-3-13(4-2-12)19-8-5-11(10-19)9-18-14(20)15(17)6-7-15;;/h1-4,11H,5-10,17H2,(H,18,20);2*1H. The smallest absolute Gasteiger partial charge is 0.240 e. The van der Waals surface area contributed by atoms with Gasteiger partial charge in [0.2, 0.25) is 5.91 Å². The number of halogens is 3. The van der Waals surface area contributed by atoms with E-state index in [-0.39, 0.29) is 30.7 Å². The summed E-state index contributed by atoms with van der Waals surface area (Å²) in [7, 11) is 0. The van der Waals surface area contributed by atoms with Gasteiger partial charge in [0.15, 0.2) is 0 Å². The minimum atomic E-state index is -0.552. The van der Waals surface area contributed by atoms with Crippen LogP contribution in [-0.2, 0) is 4.79 Å². The van der Waals surface area contributed by atoms with Gasteiger partial charge in [-0.05, 0) is 49.4 Å². The van der Waals surface area contributed by atoms with Crippen molar-refractivity contribution in [2.24, 2.45) is 11.7 Å². The van der Waals surface area contributed by atoms with Crippen LogP contribution < -0.4 is 16.0 Å². The molecule has 3 N–H and O–H groups in total. The fourth-order valence-electron chi connectivity index (χ4n) is 2.66. The van der Waals surface area contributed by atoms with E-state index in [2.05, 4.69) is 50.4 Å². The van der Waals surface area contributed by atoms with Crippen LogP contribution in [0.1, 0.15) is 19.3 Å². The molecule has 1 heterocycles. The lowest BCUT2D eigenvalue weighted by Crippen LogP contribution is -2.44. The highest BCUT2D eigenvalue weighted by Gasteiger charge is 2.45. The first-order valence-corrected chi connectivity index (χ1v) is 7.94. The summed E-state index contributed by atoms with van der Waals surface area (Å²) in [5.74, 6) is 0.546. The first-order chi connectivity index (χ1) is 9.57. The molecule has 7 heteroatoms. The van der Waals surface area contributed by atoms with Crippen molar-refractivity contribution in [1.82, 2.24) is 5.32 Å². The van der Waals surface area contributed by atoms with E-state index in [0.29, 0.717) is 5.92 Å². The van der Waals surface area contributed by atoms with Crippen molar-refractivity contribution in [3.63, 3.8) is 0 Å². The Labute approximate surface area is 152 Å². The Bertz CT molecular complexity index is 508. The second kappa shape index (κ2) is 7.86. The van der Waals surface area contributed by atoms with Crippen molar-refractivity contribution in [3.05, 3.63) is 28.7 Å². The molecule has 4 nitrogen and oxygen atoms in total. The number of nitrogens with one attached hydrogen (secondary N) is 1. The summed E-state index contributed by atoms with van der Waals surface area (Å²) in [4.78, 5) is 14.2. The van der Waals surface area contributed by atoms with Gasteiger partial charge in [-0.15, -0.1) is 24.8 Å². The van der Waals surface area contributed by atoms with Crippen LogP contribution in [0.3, 0.4) is 0 Å². The Morgan fingerprint density at radius 2 is 1.95 bits per heavy atom. The zero-order chi connectivity index (χ0) is 14.2. The van der Waals surface area contributed by atoms with E-state index in [1.807, 2.05) is 0 Å². The van der Waals surface area contributed by atoms with Gasteiger partial charge >= 0.3 is 0 Å². The Morgan fingerprint density at radius 1 is 1.32 bits per heavy atom. The molecular formula is C15H22BrCl2N3O. The summed E-state index contributed by atoms with van der Waals surface area (Å²) in [6.07, 6.45) is 2.77. The number of amides is 1. The average molecular weight is 411 g/mol. The highest BCUT2D eigenvalue weighted by atomic mass is 79.9. The molecule has 0 bridgehead atoms. The average Bonchev–Trinajstić information content (AvgIpc) is 3.03. The van der Waals surface area contributed by atoms with E-state index < -0.39 is 5.54 Å². The number of hydrogen-bond donors (Lipinski definition) is 2. The third-order valence-corrected chi connectivity index (χ3v) is 4.80. The number of hydrogen-bond acceptors (Lipinski definition) is 3. The molecule has 1 aliphatic heterocycles. The molecule has 1 aromatic rings. The predicted octanol–water partition coefficient (Wildman–Crippen LogP) is 2.73. The first kappa shape index (κ1) is 19.6. The summed E-state index contributed by atoms with van der Waals surface area (Å²) in [6.45, 7) is 2.79. The van der Waals surface area contributed by atoms with Crippen LogP contribution in [0, 0.1) is 5.92 Å². The molecule has 2 fully saturated rings. The number of nitrogens with two attached hydrogens (primary N) is 1. The second-order valence-corrected chi connectivity index (χ2v) is 6.86. The van der Waals surface area contributed by atoms with E-state index in [0.717, 1.165) is 43.4 Å². The van der Waals surface area contributed by atoms with Gasteiger partial charge in [0.25, 0.3) is 0 Å². The van der Waals surface area contributed by atoms with Gasteiger partial charge in [0.1, 0.15) is 0 Å². The minimum Gasteiger partial charge on any atom is -0.371 e. The van der Waals surface area contributed by atoms with Crippen LogP contribution in [0.2, 0.25) is 0 Å². The van der Waals surface area contributed by atoms with Crippen molar-refractivity contribution in [1.29, 1.82) is 0 Å². The Morgan fingerprint density at radius 3 is 2.55 bits per heavy atom. The SMILES string of the molecule is Cl.Cl.NC1(C(=O)NCC2CCN(c3ccc(Br)cc3)C2)CC1. The topological polar surface area (TPSA) is 58.4 Å². The number of carbonyl (C=O) groups excluding carboxylic acids is 1. The van der Waals surface area contributed by atoms with Gasteiger partial charge in [-0.3, -0.25) is 4.79 Å². The van der Waals surface area contributed by atoms with Gasteiger partial charge in [0, 0.05) is 29.8 Å². The van der Waals surface area contributed by atoms with Gasteiger partial charge in [-0.1, -0.05) is 15.9 Å². The van der Waals surface area contributed by atoms with E-state index >= 15 is 0 Å². The van der Waals surface area contributed by atoms with Crippen LogP contribution in [0.15, 0.2) is 28.7 Å². The van der Waals surface area contributed by atoms with Gasteiger partial charge in [-0.2, -0.15) is 0 Å². The van der Waals surface area contributed by atoms with Crippen LogP contribution in [0.4, 0.5) is 5.69 Å². The molecule has 1 aromatic carbocycles. The predicted molar refractivity (Wildman–Crippen MR) is 98.1 cm³/mol. The molecule has 0 radical (unpaired) electrons. The fraction of sp³-hybridized carbons (Fsp3) is 0.533. The number of rotatable bonds is 4. The van der Waals surface area contributed by atoms with Crippen molar-refractivity contribution in [2.75, 3.05) is 24.5 Å². The molecule has 2 aliphatic rings. The highest BCUT2D eigenvalue weighted by Crippen LogP contribution is 2.32. The lowest BCUT2D eigenvalue weighted by molar-refractivity contribution is -0.123. The normalized spacial score (nSPS) is 21.5. The van der Waals surface area contributed by atoms with Crippen LogP contribution in [0.5, 0.6) is 0 Å². The Kier molecular flexibility index (Phi) is 6.99. The summed E-state index contributed by atoms with van der Waals surface area (Å²) in [5.41, 5.74) is 6.58. The summed E-state index contributed by atoms with van der Waals surface area (Å²) >= 11 is 3.45. The maximum Gasteiger partial charge on any atom is 0.240 e. The van der Waals surface area contributed by atoms with Crippen molar-refractivity contribution in [2.45, 2.75) is 24.8 Å². The zero-order valence-corrected chi connectivity index (χ0v) is 15.5. The molecule has 0 spiro atoms. The number of benzene rings is 1. The number of nitrogens with zero attached hydrogens (tertiary/aromatic N) is 1. The van der Waals surface area contributed by atoms with Gasteiger partial charge in [0.05, 0.1) is 5.54 Å². The number of anilines is 1. The van der Waals surface area contributed by atoms with Gasteiger partial charge < -0.3 is 16.0 Å². The summed E-state index contributed by atoms with van der Waals surface area (Å²) in [5, 5.41) is 3.01. The Hall–Kier alpha value is -0.490. The molecule has 1 saturated carbocycles. The largest absolute Gasteiger partial charge is 0.371 e. The molecular weight excluding hydrogens is 389 g/mol. The third-order valence-electron chi connectivity index (χ3n) is 4.27. The van der Waals surface area contributed by atoms with E-state index in [1.54, 1.807) is 0 Å². The van der Waals surface area contributed by atoms with E-state index in [4.69, 9.17) is 5.73 Å². The molecule has 1 unspecified atom stereocenters. The summed E-state index contributed by atoms with van der Waals surface area (Å²) < 4.78 is 1.10.